The van der Waals surface area contributed by atoms with Gasteiger partial charge in [-0.25, -0.2) is 0 Å². The number of rotatable bonds is 3. The quantitative estimate of drug-likeness (QED) is 0.876. The Morgan fingerprint density at radius 3 is 2.82 bits per heavy atom. The molecule has 3 nitrogen and oxygen atoms in total. The van der Waals surface area contributed by atoms with Crippen molar-refractivity contribution in [3.63, 3.8) is 0 Å². The fourth-order valence-corrected chi connectivity index (χ4v) is 2.58. The first-order valence-corrected chi connectivity index (χ1v) is 6.37. The molecule has 0 spiro atoms. The van der Waals surface area contributed by atoms with Gasteiger partial charge in [0.2, 0.25) is 0 Å². The van der Waals surface area contributed by atoms with Crippen LogP contribution in [0.5, 0.6) is 5.75 Å². The Morgan fingerprint density at radius 2 is 2.24 bits per heavy atom. The lowest BCUT2D eigenvalue weighted by Crippen LogP contribution is -2.28. The third-order valence-electron chi connectivity index (χ3n) is 3.60. The van der Waals surface area contributed by atoms with Gasteiger partial charge in [-0.2, -0.15) is 0 Å². The summed E-state index contributed by atoms with van der Waals surface area (Å²) >= 11 is 0. The molecule has 0 aromatic carbocycles. The van der Waals surface area contributed by atoms with Gasteiger partial charge >= 0.3 is 0 Å². The van der Waals surface area contributed by atoms with Crippen LogP contribution in [0.25, 0.3) is 0 Å². The summed E-state index contributed by atoms with van der Waals surface area (Å²) in [7, 11) is 0. The molecule has 1 saturated carbocycles. The molecule has 17 heavy (non-hydrogen) atoms. The topological polar surface area (TPSA) is 42.4 Å². The molecule has 0 amide bonds. The molecule has 0 aliphatic heterocycles. The lowest BCUT2D eigenvalue weighted by molar-refractivity contribution is 0.00386. The molecule has 1 aromatic heterocycles. The minimum Gasteiger partial charge on any atom is -0.489 e. The molecule has 1 aliphatic carbocycles. The second kappa shape index (κ2) is 4.65. The molecule has 1 aliphatic rings. The number of pyridine rings is 1. The molecule has 1 aromatic rings. The Morgan fingerprint density at radius 1 is 1.47 bits per heavy atom. The molecule has 0 bridgehead atoms. The van der Waals surface area contributed by atoms with E-state index in [1.54, 1.807) is 12.4 Å². The summed E-state index contributed by atoms with van der Waals surface area (Å²) in [6, 6.07) is 1.93. The standard InChI is InChI=1S/C14H21NO2/c1-10(2)17-13-7-12(8-15-9-13)14(16)6-4-5-11(14)3/h7-11,16H,4-6H2,1-3H3. The Bertz CT molecular complexity index is 392. The lowest BCUT2D eigenvalue weighted by Gasteiger charge is -2.28. The molecule has 1 N–H and O–H groups in total. The van der Waals surface area contributed by atoms with Gasteiger partial charge in [-0.3, -0.25) is 4.98 Å². The van der Waals surface area contributed by atoms with E-state index in [0.717, 1.165) is 30.6 Å². The molecular formula is C14H21NO2. The van der Waals surface area contributed by atoms with Crippen molar-refractivity contribution >= 4 is 0 Å². The molecular weight excluding hydrogens is 214 g/mol. The molecule has 1 heterocycles. The SMILES string of the molecule is CC(C)Oc1cncc(C2(O)CCCC2C)c1. The van der Waals surface area contributed by atoms with Gasteiger partial charge in [0.05, 0.1) is 17.9 Å². The number of aliphatic hydroxyl groups is 1. The predicted octanol–water partition coefficient (Wildman–Crippen LogP) is 2.88. The predicted molar refractivity (Wildman–Crippen MR) is 66.9 cm³/mol. The van der Waals surface area contributed by atoms with Crippen LogP contribution in [0, 0.1) is 5.92 Å². The van der Waals surface area contributed by atoms with Crippen molar-refractivity contribution in [2.45, 2.75) is 51.7 Å². The maximum absolute atomic E-state index is 10.7. The highest BCUT2D eigenvalue weighted by molar-refractivity contribution is 5.29. The molecule has 2 atom stereocenters. The third kappa shape index (κ3) is 2.44. The zero-order valence-electron chi connectivity index (χ0n) is 10.8. The van der Waals surface area contributed by atoms with E-state index in [-0.39, 0.29) is 6.10 Å². The Hall–Kier alpha value is -1.09. The zero-order chi connectivity index (χ0) is 12.5. The minimum absolute atomic E-state index is 0.127. The Balaban J connectivity index is 2.26. The smallest absolute Gasteiger partial charge is 0.138 e. The molecule has 1 fully saturated rings. The number of nitrogens with zero attached hydrogens (tertiary/aromatic N) is 1. The Labute approximate surface area is 103 Å². The number of aromatic nitrogens is 1. The third-order valence-corrected chi connectivity index (χ3v) is 3.60. The van der Waals surface area contributed by atoms with Crippen LogP contribution < -0.4 is 4.74 Å². The first kappa shape index (κ1) is 12.4. The summed E-state index contributed by atoms with van der Waals surface area (Å²) in [6.45, 7) is 6.07. The van der Waals surface area contributed by atoms with Crippen LogP contribution in [0.1, 0.15) is 45.6 Å². The summed E-state index contributed by atoms with van der Waals surface area (Å²) in [5.74, 6) is 1.03. The highest BCUT2D eigenvalue weighted by atomic mass is 16.5. The van der Waals surface area contributed by atoms with Crippen molar-refractivity contribution in [2.75, 3.05) is 0 Å². The van der Waals surface area contributed by atoms with Gasteiger partial charge < -0.3 is 9.84 Å². The fourth-order valence-electron chi connectivity index (χ4n) is 2.58. The number of hydrogen-bond donors (Lipinski definition) is 1. The van der Waals surface area contributed by atoms with Crippen LogP contribution in [0.4, 0.5) is 0 Å². The molecule has 0 radical (unpaired) electrons. The average molecular weight is 235 g/mol. The lowest BCUT2D eigenvalue weighted by atomic mass is 9.86. The maximum atomic E-state index is 10.7. The highest BCUT2D eigenvalue weighted by Gasteiger charge is 2.40. The highest BCUT2D eigenvalue weighted by Crippen LogP contribution is 2.43. The molecule has 0 saturated heterocycles. The largest absolute Gasteiger partial charge is 0.489 e. The van der Waals surface area contributed by atoms with Crippen LogP contribution in [-0.4, -0.2) is 16.2 Å². The van der Waals surface area contributed by atoms with Crippen LogP contribution in [-0.2, 0) is 5.60 Å². The van der Waals surface area contributed by atoms with Crippen LogP contribution in [0.3, 0.4) is 0 Å². The Kier molecular flexibility index (Phi) is 3.38. The van der Waals surface area contributed by atoms with Gasteiger partial charge in [0.1, 0.15) is 5.75 Å². The van der Waals surface area contributed by atoms with Crippen molar-refractivity contribution in [3.8, 4) is 5.75 Å². The van der Waals surface area contributed by atoms with Crippen molar-refractivity contribution in [3.05, 3.63) is 24.0 Å². The van der Waals surface area contributed by atoms with Crippen LogP contribution in [0.15, 0.2) is 18.5 Å². The summed E-state index contributed by atoms with van der Waals surface area (Å²) in [5, 5.41) is 10.7. The van der Waals surface area contributed by atoms with E-state index in [0.29, 0.717) is 5.92 Å². The first-order chi connectivity index (χ1) is 8.02. The van der Waals surface area contributed by atoms with Gasteiger partial charge in [0, 0.05) is 11.8 Å². The van der Waals surface area contributed by atoms with E-state index in [1.165, 1.54) is 0 Å². The van der Waals surface area contributed by atoms with E-state index < -0.39 is 5.60 Å². The molecule has 3 heteroatoms. The summed E-state index contributed by atoms with van der Waals surface area (Å²) in [6.07, 6.45) is 6.56. The molecule has 2 unspecified atom stereocenters. The minimum atomic E-state index is -0.719. The second-order valence-electron chi connectivity index (χ2n) is 5.29. The maximum Gasteiger partial charge on any atom is 0.138 e. The van der Waals surface area contributed by atoms with Gasteiger partial charge in [0.25, 0.3) is 0 Å². The van der Waals surface area contributed by atoms with E-state index in [4.69, 9.17) is 4.74 Å². The van der Waals surface area contributed by atoms with Crippen molar-refractivity contribution in [2.24, 2.45) is 5.92 Å². The van der Waals surface area contributed by atoms with Gasteiger partial charge in [-0.05, 0) is 45.1 Å². The van der Waals surface area contributed by atoms with E-state index in [1.807, 2.05) is 19.9 Å². The van der Waals surface area contributed by atoms with Crippen LogP contribution >= 0.6 is 0 Å². The number of hydrogen-bond acceptors (Lipinski definition) is 3. The first-order valence-electron chi connectivity index (χ1n) is 6.37. The van der Waals surface area contributed by atoms with E-state index >= 15 is 0 Å². The van der Waals surface area contributed by atoms with E-state index in [2.05, 4.69) is 11.9 Å². The van der Waals surface area contributed by atoms with Crippen molar-refractivity contribution in [1.82, 2.24) is 4.98 Å². The van der Waals surface area contributed by atoms with Crippen LogP contribution in [0.2, 0.25) is 0 Å². The monoisotopic (exact) mass is 235 g/mol. The number of ether oxygens (including phenoxy) is 1. The second-order valence-corrected chi connectivity index (χ2v) is 5.29. The van der Waals surface area contributed by atoms with Gasteiger partial charge in [-0.15, -0.1) is 0 Å². The molecule has 2 rings (SSSR count). The van der Waals surface area contributed by atoms with Crippen molar-refractivity contribution < 1.29 is 9.84 Å². The van der Waals surface area contributed by atoms with Crippen molar-refractivity contribution in [1.29, 1.82) is 0 Å². The summed E-state index contributed by atoms with van der Waals surface area (Å²) in [4.78, 5) is 4.18. The normalized spacial score (nSPS) is 28.6. The fraction of sp³-hybridized carbons (Fsp3) is 0.643. The zero-order valence-corrected chi connectivity index (χ0v) is 10.8. The summed E-state index contributed by atoms with van der Waals surface area (Å²) in [5.41, 5.74) is 0.171. The van der Waals surface area contributed by atoms with Gasteiger partial charge in [0.15, 0.2) is 0 Å². The molecule has 94 valence electrons. The average Bonchev–Trinajstić information content (AvgIpc) is 2.60. The van der Waals surface area contributed by atoms with E-state index in [9.17, 15) is 5.11 Å². The summed E-state index contributed by atoms with van der Waals surface area (Å²) < 4.78 is 5.62. The van der Waals surface area contributed by atoms with Gasteiger partial charge in [-0.1, -0.05) is 6.92 Å².